The third-order valence-electron chi connectivity index (χ3n) is 3.98. The second-order valence-electron chi connectivity index (χ2n) is 5.37. The molecule has 0 aliphatic carbocycles. The van der Waals surface area contributed by atoms with Gasteiger partial charge in [0.15, 0.2) is 0 Å². The summed E-state index contributed by atoms with van der Waals surface area (Å²) in [6.45, 7) is 7.04. The van der Waals surface area contributed by atoms with Gasteiger partial charge < -0.3 is 10.6 Å². The maximum absolute atomic E-state index is 12.5. The summed E-state index contributed by atoms with van der Waals surface area (Å²) >= 11 is 8.51. The molecule has 1 atom stereocenters. The fourth-order valence-corrected chi connectivity index (χ4v) is 2.93. The molecule has 2 N–H and O–H groups in total. The van der Waals surface area contributed by atoms with Crippen LogP contribution < -0.4 is 5.73 Å². The van der Waals surface area contributed by atoms with E-state index in [1.807, 2.05) is 36.9 Å². The first kappa shape index (κ1) is 16.4. The van der Waals surface area contributed by atoms with Gasteiger partial charge >= 0.3 is 0 Å². The molecule has 0 saturated carbocycles. The Hall–Kier alpha value is -0.980. The van der Waals surface area contributed by atoms with E-state index in [1.165, 1.54) is 0 Å². The van der Waals surface area contributed by atoms with Crippen LogP contribution in [0.25, 0.3) is 0 Å². The van der Waals surface area contributed by atoms with Crippen LogP contribution in [0.1, 0.15) is 22.8 Å². The number of thiocarbonyl (C=S) groups is 1. The summed E-state index contributed by atoms with van der Waals surface area (Å²) in [6, 6.07) is 5.82. The first-order valence-electron chi connectivity index (χ1n) is 6.99. The molecule has 0 spiro atoms. The largest absolute Gasteiger partial charge is 0.392 e. The van der Waals surface area contributed by atoms with Gasteiger partial charge in [-0.1, -0.05) is 34.2 Å². The van der Waals surface area contributed by atoms with E-state index in [9.17, 15) is 4.79 Å². The van der Waals surface area contributed by atoms with Crippen molar-refractivity contribution in [1.29, 1.82) is 0 Å². The van der Waals surface area contributed by atoms with Gasteiger partial charge in [-0.05, 0) is 31.5 Å². The molecule has 1 amide bonds. The number of hydrogen-bond acceptors (Lipinski definition) is 3. The number of benzene rings is 1. The van der Waals surface area contributed by atoms with Crippen molar-refractivity contribution in [2.24, 2.45) is 5.73 Å². The van der Waals surface area contributed by atoms with Crippen molar-refractivity contribution in [2.45, 2.75) is 19.9 Å². The van der Waals surface area contributed by atoms with Gasteiger partial charge in [0.1, 0.15) is 0 Å². The Labute approximate surface area is 139 Å². The molecule has 1 fully saturated rings. The summed E-state index contributed by atoms with van der Waals surface area (Å²) < 4.78 is 0.967. The number of halogens is 1. The van der Waals surface area contributed by atoms with Gasteiger partial charge in [0.2, 0.25) is 0 Å². The smallest absolute Gasteiger partial charge is 0.253 e. The summed E-state index contributed by atoms with van der Waals surface area (Å²) in [5.41, 5.74) is 7.54. The molecule has 21 heavy (non-hydrogen) atoms. The molecule has 6 heteroatoms. The van der Waals surface area contributed by atoms with Crippen LogP contribution in [0.2, 0.25) is 0 Å². The number of amides is 1. The molecule has 2 rings (SSSR count). The van der Waals surface area contributed by atoms with Crippen LogP contribution in [0.15, 0.2) is 22.7 Å². The number of aryl methyl sites for hydroxylation is 1. The Morgan fingerprint density at radius 2 is 1.95 bits per heavy atom. The third-order valence-corrected chi connectivity index (χ3v) is 5.18. The van der Waals surface area contributed by atoms with Gasteiger partial charge in [0.05, 0.1) is 11.0 Å². The molecule has 0 bridgehead atoms. The minimum Gasteiger partial charge on any atom is -0.392 e. The zero-order valence-electron chi connectivity index (χ0n) is 12.3. The normalized spacial score (nSPS) is 17.6. The molecule has 1 heterocycles. The van der Waals surface area contributed by atoms with Crippen molar-refractivity contribution in [1.82, 2.24) is 9.80 Å². The number of piperazine rings is 1. The lowest BCUT2D eigenvalue weighted by molar-refractivity contribution is 0.0621. The van der Waals surface area contributed by atoms with Crippen LogP contribution in [-0.4, -0.2) is 52.9 Å². The SMILES string of the molecule is Cc1ccc(C(=O)N2CCN(C(C)C(N)=S)CC2)cc1Br. The van der Waals surface area contributed by atoms with Crippen molar-refractivity contribution in [3.05, 3.63) is 33.8 Å². The third kappa shape index (κ3) is 3.81. The maximum Gasteiger partial charge on any atom is 0.253 e. The monoisotopic (exact) mass is 369 g/mol. The molecule has 1 aromatic carbocycles. The lowest BCUT2D eigenvalue weighted by Gasteiger charge is -2.37. The van der Waals surface area contributed by atoms with Crippen LogP contribution in [0.3, 0.4) is 0 Å². The lowest BCUT2D eigenvalue weighted by Crippen LogP contribution is -2.53. The van der Waals surface area contributed by atoms with E-state index in [1.54, 1.807) is 0 Å². The van der Waals surface area contributed by atoms with E-state index in [0.29, 0.717) is 18.1 Å². The Kier molecular flexibility index (Phi) is 5.35. The molecule has 1 aliphatic heterocycles. The van der Waals surface area contributed by atoms with E-state index in [0.717, 1.165) is 28.7 Å². The molecule has 1 aliphatic rings. The first-order valence-corrected chi connectivity index (χ1v) is 8.19. The van der Waals surface area contributed by atoms with Gasteiger partial charge in [-0.25, -0.2) is 0 Å². The molecule has 114 valence electrons. The van der Waals surface area contributed by atoms with Gasteiger partial charge in [0, 0.05) is 36.2 Å². The average Bonchev–Trinajstić information content (AvgIpc) is 2.48. The zero-order valence-corrected chi connectivity index (χ0v) is 14.7. The summed E-state index contributed by atoms with van der Waals surface area (Å²) in [5, 5.41) is 0. The lowest BCUT2D eigenvalue weighted by atomic mass is 10.1. The van der Waals surface area contributed by atoms with Gasteiger partial charge in [0.25, 0.3) is 5.91 Å². The topological polar surface area (TPSA) is 49.6 Å². The Bertz CT molecular complexity index is 556. The second kappa shape index (κ2) is 6.85. The molecule has 0 aromatic heterocycles. The maximum atomic E-state index is 12.5. The van der Waals surface area contributed by atoms with Crippen LogP contribution in [-0.2, 0) is 0 Å². The summed E-state index contributed by atoms with van der Waals surface area (Å²) in [6.07, 6.45) is 0. The van der Waals surface area contributed by atoms with E-state index >= 15 is 0 Å². The molecule has 1 saturated heterocycles. The highest BCUT2D eigenvalue weighted by molar-refractivity contribution is 9.10. The van der Waals surface area contributed by atoms with E-state index < -0.39 is 0 Å². The van der Waals surface area contributed by atoms with Crippen LogP contribution in [0, 0.1) is 6.92 Å². The Morgan fingerprint density at radius 1 is 1.33 bits per heavy atom. The fraction of sp³-hybridized carbons (Fsp3) is 0.467. The number of hydrogen-bond donors (Lipinski definition) is 1. The first-order chi connectivity index (χ1) is 9.90. The number of nitrogens with two attached hydrogens (primary N) is 1. The summed E-state index contributed by atoms with van der Waals surface area (Å²) in [7, 11) is 0. The fourth-order valence-electron chi connectivity index (χ4n) is 2.40. The number of nitrogens with zero attached hydrogens (tertiary/aromatic N) is 2. The molecular formula is C15H20BrN3OS. The zero-order chi connectivity index (χ0) is 15.6. The highest BCUT2D eigenvalue weighted by Gasteiger charge is 2.25. The van der Waals surface area contributed by atoms with E-state index in [4.69, 9.17) is 18.0 Å². The van der Waals surface area contributed by atoms with Gasteiger partial charge in [-0.2, -0.15) is 0 Å². The molecular weight excluding hydrogens is 350 g/mol. The summed E-state index contributed by atoms with van der Waals surface area (Å²) in [4.78, 5) is 17.1. The van der Waals surface area contributed by atoms with Crippen LogP contribution >= 0.6 is 28.1 Å². The van der Waals surface area contributed by atoms with Crippen molar-refractivity contribution < 1.29 is 4.79 Å². The van der Waals surface area contributed by atoms with Gasteiger partial charge in [-0.15, -0.1) is 0 Å². The van der Waals surface area contributed by atoms with Crippen LogP contribution in [0.5, 0.6) is 0 Å². The Morgan fingerprint density at radius 3 is 2.48 bits per heavy atom. The van der Waals surface area contributed by atoms with Crippen LogP contribution in [0.4, 0.5) is 0 Å². The van der Waals surface area contributed by atoms with E-state index in [-0.39, 0.29) is 11.9 Å². The highest BCUT2D eigenvalue weighted by Crippen LogP contribution is 2.19. The predicted molar refractivity (Wildman–Crippen MR) is 92.6 cm³/mol. The minimum atomic E-state index is 0.0818. The molecule has 4 nitrogen and oxygen atoms in total. The quantitative estimate of drug-likeness (QED) is 0.829. The predicted octanol–water partition coefficient (Wildman–Crippen LogP) is 2.19. The Balaban J connectivity index is 2.00. The molecule has 1 aromatic rings. The summed E-state index contributed by atoms with van der Waals surface area (Å²) in [5.74, 6) is 0.0818. The van der Waals surface area contributed by atoms with Crippen molar-refractivity contribution in [3.63, 3.8) is 0 Å². The highest BCUT2D eigenvalue weighted by atomic mass is 79.9. The van der Waals surface area contributed by atoms with Crippen molar-refractivity contribution in [3.8, 4) is 0 Å². The van der Waals surface area contributed by atoms with Crippen molar-refractivity contribution >= 4 is 39.0 Å². The van der Waals surface area contributed by atoms with E-state index in [2.05, 4.69) is 20.8 Å². The molecule has 0 radical (unpaired) electrons. The number of rotatable bonds is 3. The standard InChI is InChI=1S/C15H20BrN3OS/c1-10-3-4-12(9-13(10)16)15(20)19-7-5-18(6-8-19)11(2)14(17)21/h3-4,9,11H,5-8H2,1-2H3,(H2,17,21). The number of carbonyl (C=O) groups excluding carboxylic acids is 1. The molecule has 1 unspecified atom stereocenters. The van der Waals surface area contributed by atoms with Crippen molar-refractivity contribution in [2.75, 3.05) is 26.2 Å². The number of carbonyl (C=O) groups is 1. The minimum absolute atomic E-state index is 0.0818. The second-order valence-corrected chi connectivity index (χ2v) is 6.70. The average molecular weight is 370 g/mol. The van der Waals surface area contributed by atoms with Gasteiger partial charge in [-0.3, -0.25) is 9.69 Å².